The van der Waals surface area contributed by atoms with Gasteiger partial charge in [0.1, 0.15) is 5.76 Å². The molecule has 0 unspecified atom stereocenters. The second-order valence-corrected chi connectivity index (χ2v) is 1.61. The molecule has 0 spiro atoms. The minimum atomic E-state index is 0.362. The van der Waals surface area contributed by atoms with Gasteiger partial charge in [-0.3, -0.25) is 0 Å². The zero-order valence-electron chi connectivity index (χ0n) is 4.64. The van der Waals surface area contributed by atoms with Crippen LogP contribution in [-0.4, -0.2) is 6.61 Å². The van der Waals surface area contributed by atoms with Crippen LogP contribution >= 0.6 is 0 Å². The number of hydrogen-bond acceptors (Lipinski definition) is 2. The molecule has 0 aliphatic carbocycles. The summed E-state index contributed by atoms with van der Waals surface area (Å²) in [6.45, 7) is 7.71. The van der Waals surface area contributed by atoms with Crippen molar-refractivity contribution in [1.29, 1.82) is 0 Å². The topological polar surface area (TPSA) is 18.5 Å². The highest BCUT2D eigenvalue weighted by Crippen LogP contribution is 2.14. The predicted molar refractivity (Wildman–Crippen MR) is 29.9 cm³/mol. The van der Waals surface area contributed by atoms with E-state index in [4.69, 9.17) is 9.47 Å². The molecule has 0 amide bonds. The summed E-state index contributed by atoms with van der Waals surface area (Å²) in [5.41, 5.74) is 0. The molecule has 44 valence electrons. The molecule has 8 heavy (non-hydrogen) atoms. The van der Waals surface area contributed by atoms with Crippen molar-refractivity contribution in [3.63, 3.8) is 0 Å². The average Bonchev–Trinajstić information content (AvgIpc) is 1.64. The molecule has 0 aromatic heterocycles. The van der Waals surface area contributed by atoms with Crippen molar-refractivity contribution in [2.75, 3.05) is 6.61 Å². The van der Waals surface area contributed by atoms with Crippen LogP contribution < -0.4 is 0 Å². The van der Waals surface area contributed by atoms with Gasteiger partial charge >= 0.3 is 0 Å². The predicted octanol–water partition coefficient (Wildman–Crippen LogP) is 1.41. The average molecular weight is 112 g/mol. The van der Waals surface area contributed by atoms with Crippen molar-refractivity contribution in [2.45, 2.75) is 6.42 Å². The Morgan fingerprint density at radius 1 is 1.38 bits per heavy atom. The summed E-state index contributed by atoms with van der Waals surface area (Å²) < 4.78 is 9.75. The van der Waals surface area contributed by atoms with Crippen LogP contribution in [-0.2, 0) is 9.47 Å². The van der Waals surface area contributed by atoms with Gasteiger partial charge in [0.15, 0.2) is 0 Å². The molecule has 0 aromatic carbocycles. The summed E-state index contributed by atoms with van der Waals surface area (Å²) in [7, 11) is 0. The van der Waals surface area contributed by atoms with Gasteiger partial charge in [-0.2, -0.15) is 0 Å². The van der Waals surface area contributed by atoms with Crippen molar-refractivity contribution in [3.05, 3.63) is 24.9 Å². The van der Waals surface area contributed by atoms with Crippen molar-refractivity contribution in [1.82, 2.24) is 0 Å². The molecule has 0 saturated carbocycles. The molecular weight excluding hydrogens is 104 g/mol. The molecule has 1 saturated heterocycles. The van der Waals surface area contributed by atoms with Crippen LogP contribution in [0.3, 0.4) is 0 Å². The molecule has 0 aromatic rings. The van der Waals surface area contributed by atoms with Crippen molar-refractivity contribution in [3.8, 4) is 0 Å². The van der Waals surface area contributed by atoms with Gasteiger partial charge in [0.25, 0.3) is 5.95 Å². The minimum Gasteiger partial charge on any atom is -0.465 e. The van der Waals surface area contributed by atoms with Crippen molar-refractivity contribution in [2.24, 2.45) is 0 Å². The quantitative estimate of drug-likeness (QED) is 0.471. The first-order valence-electron chi connectivity index (χ1n) is 2.46. The normalized spacial score (nSPS) is 19.5. The van der Waals surface area contributed by atoms with Crippen LogP contribution in [0.4, 0.5) is 0 Å². The Morgan fingerprint density at radius 2 is 2.12 bits per heavy atom. The van der Waals surface area contributed by atoms with Crippen molar-refractivity contribution < 1.29 is 9.47 Å². The Labute approximate surface area is 48.4 Å². The Balaban J connectivity index is 2.45. The van der Waals surface area contributed by atoms with Crippen LogP contribution in [0.5, 0.6) is 0 Å². The molecule has 1 heterocycles. The Bertz CT molecular complexity index is 112. The molecule has 0 N–H and O–H groups in total. The summed E-state index contributed by atoms with van der Waals surface area (Å²) in [6, 6.07) is 0. The second kappa shape index (κ2) is 1.90. The maximum Gasteiger partial charge on any atom is 0.276 e. The fourth-order valence-corrected chi connectivity index (χ4v) is 0.520. The minimum absolute atomic E-state index is 0.362. The van der Waals surface area contributed by atoms with Crippen LogP contribution in [0.1, 0.15) is 6.42 Å². The number of rotatable bonds is 0. The molecule has 1 aliphatic rings. The van der Waals surface area contributed by atoms with Crippen LogP contribution in [0, 0.1) is 0 Å². The van der Waals surface area contributed by atoms with E-state index < -0.39 is 0 Å². The zero-order valence-corrected chi connectivity index (χ0v) is 4.64. The lowest BCUT2D eigenvalue weighted by Crippen LogP contribution is -2.06. The van der Waals surface area contributed by atoms with E-state index in [2.05, 4.69) is 13.2 Å². The Kier molecular flexibility index (Phi) is 1.24. The first kappa shape index (κ1) is 5.22. The van der Waals surface area contributed by atoms with E-state index in [0.29, 0.717) is 12.6 Å². The van der Waals surface area contributed by atoms with Crippen LogP contribution in [0.25, 0.3) is 0 Å². The van der Waals surface area contributed by atoms with Gasteiger partial charge in [0.05, 0.1) is 6.61 Å². The molecule has 2 nitrogen and oxygen atoms in total. The van der Waals surface area contributed by atoms with E-state index in [1.165, 1.54) is 0 Å². The second-order valence-electron chi connectivity index (χ2n) is 1.61. The highest BCUT2D eigenvalue weighted by Gasteiger charge is 2.06. The molecule has 0 radical (unpaired) electrons. The molecular formula is C6H8O2. The lowest BCUT2D eigenvalue weighted by atomic mass is 10.4. The van der Waals surface area contributed by atoms with E-state index in [-0.39, 0.29) is 0 Å². The number of hydrogen-bond donors (Lipinski definition) is 0. The van der Waals surface area contributed by atoms with E-state index in [1.54, 1.807) is 0 Å². The first-order chi connectivity index (χ1) is 3.79. The largest absolute Gasteiger partial charge is 0.465 e. The molecule has 1 aliphatic heterocycles. The van der Waals surface area contributed by atoms with E-state index in [1.807, 2.05) is 0 Å². The highest BCUT2D eigenvalue weighted by molar-refractivity contribution is 4.91. The lowest BCUT2D eigenvalue weighted by Gasteiger charge is -2.16. The third-order valence-corrected chi connectivity index (χ3v) is 0.902. The molecule has 1 rings (SSSR count). The van der Waals surface area contributed by atoms with Gasteiger partial charge < -0.3 is 9.47 Å². The van der Waals surface area contributed by atoms with E-state index in [9.17, 15) is 0 Å². The Hall–Kier alpha value is -0.920. The van der Waals surface area contributed by atoms with Crippen LogP contribution in [0.2, 0.25) is 0 Å². The fourth-order valence-electron chi connectivity index (χ4n) is 0.520. The van der Waals surface area contributed by atoms with Crippen molar-refractivity contribution >= 4 is 0 Å². The van der Waals surface area contributed by atoms with Gasteiger partial charge in [0.2, 0.25) is 0 Å². The summed E-state index contributed by atoms with van der Waals surface area (Å²) >= 11 is 0. The standard InChI is InChI=1S/C6H8O2/c1-5-3-4-7-6(2)8-5/h1-4H2. The van der Waals surface area contributed by atoms with Gasteiger partial charge in [-0.15, -0.1) is 0 Å². The highest BCUT2D eigenvalue weighted by atomic mass is 16.7. The summed E-state index contributed by atoms with van der Waals surface area (Å²) in [5, 5.41) is 0. The third kappa shape index (κ3) is 1.03. The summed E-state index contributed by atoms with van der Waals surface area (Å²) in [4.78, 5) is 0. The monoisotopic (exact) mass is 112 g/mol. The number of ether oxygens (including phenoxy) is 2. The zero-order chi connectivity index (χ0) is 5.98. The van der Waals surface area contributed by atoms with Gasteiger partial charge in [-0.05, 0) is 6.58 Å². The first-order valence-corrected chi connectivity index (χ1v) is 2.46. The van der Waals surface area contributed by atoms with Gasteiger partial charge in [0, 0.05) is 6.42 Å². The third-order valence-electron chi connectivity index (χ3n) is 0.902. The molecule has 0 bridgehead atoms. The van der Waals surface area contributed by atoms with E-state index in [0.717, 1.165) is 12.2 Å². The SMILES string of the molecule is C=C1CCOC(=C)O1. The van der Waals surface area contributed by atoms with Crippen LogP contribution in [0.15, 0.2) is 24.9 Å². The fraction of sp³-hybridized carbons (Fsp3) is 0.333. The maximum absolute atomic E-state index is 4.88. The summed E-state index contributed by atoms with van der Waals surface area (Å²) in [6.07, 6.45) is 0.777. The van der Waals surface area contributed by atoms with E-state index >= 15 is 0 Å². The molecule has 1 fully saturated rings. The summed E-state index contributed by atoms with van der Waals surface area (Å²) in [5.74, 6) is 1.10. The smallest absolute Gasteiger partial charge is 0.276 e. The molecule has 2 heteroatoms. The molecule has 0 atom stereocenters. The van der Waals surface area contributed by atoms with Gasteiger partial charge in [-0.1, -0.05) is 6.58 Å². The Morgan fingerprint density at radius 3 is 2.50 bits per heavy atom. The van der Waals surface area contributed by atoms with Gasteiger partial charge in [-0.25, -0.2) is 0 Å². The lowest BCUT2D eigenvalue weighted by molar-refractivity contribution is 0.0289. The maximum atomic E-state index is 4.88.